The molecule has 44 heavy (non-hydrogen) atoms. The van der Waals surface area contributed by atoms with Crippen LogP contribution in [0.25, 0.3) is 32.7 Å². The van der Waals surface area contributed by atoms with Crippen molar-refractivity contribution >= 4 is 56.1 Å². The Labute approximate surface area is 254 Å². The lowest BCUT2D eigenvalue weighted by Gasteiger charge is -2.22. The van der Waals surface area contributed by atoms with Gasteiger partial charge in [-0.2, -0.15) is 0 Å². The largest absolute Gasteiger partial charge is 0.495 e. The fourth-order valence-corrected chi connectivity index (χ4v) is 5.44. The van der Waals surface area contributed by atoms with E-state index < -0.39 is 0 Å². The Hall–Kier alpha value is -6.02. The smallest absolute Gasteiger partial charge is 0.259 e. The van der Waals surface area contributed by atoms with Gasteiger partial charge in [0.15, 0.2) is 0 Å². The van der Waals surface area contributed by atoms with Crippen LogP contribution < -0.4 is 31.6 Å². The highest BCUT2D eigenvalue weighted by atomic mass is 16.5. The number of hydrogen-bond donors (Lipinski definition) is 4. The van der Waals surface area contributed by atoms with Crippen molar-refractivity contribution in [1.29, 1.82) is 0 Å². The van der Waals surface area contributed by atoms with Crippen molar-refractivity contribution in [2.75, 3.05) is 36.3 Å². The molecule has 0 bridgehead atoms. The summed E-state index contributed by atoms with van der Waals surface area (Å²) in [4.78, 5) is 27.6. The van der Waals surface area contributed by atoms with Crippen LogP contribution in [-0.4, -0.2) is 26.0 Å². The molecule has 218 valence electrons. The molecule has 6 aromatic rings. The van der Waals surface area contributed by atoms with E-state index in [2.05, 4.69) is 10.6 Å². The van der Waals surface area contributed by atoms with E-state index in [9.17, 15) is 9.59 Å². The molecule has 0 heterocycles. The van der Waals surface area contributed by atoms with Crippen molar-refractivity contribution in [3.05, 3.63) is 120 Å². The number of carbonyl (C=O) groups excluding carboxylic acids is 2. The number of anilines is 4. The quantitative estimate of drug-likeness (QED) is 0.146. The van der Waals surface area contributed by atoms with Gasteiger partial charge in [-0.15, -0.1) is 0 Å². The van der Waals surface area contributed by atoms with Gasteiger partial charge in [-0.1, -0.05) is 48.5 Å². The van der Waals surface area contributed by atoms with Gasteiger partial charge in [0.2, 0.25) is 0 Å². The lowest BCUT2D eigenvalue weighted by Crippen LogP contribution is -2.15. The van der Waals surface area contributed by atoms with Crippen LogP contribution in [0.4, 0.5) is 22.7 Å². The van der Waals surface area contributed by atoms with Crippen molar-refractivity contribution in [3.63, 3.8) is 0 Å². The zero-order valence-corrected chi connectivity index (χ0v) is 24.2. The number of nitrogen functional groups attached to an aromatic ring is 2. The van der Waals surface area contributed by atoms with Gasteiger partial charge < -0.3 is 31.6 Å². The standard InChI is InChI=1S/C36H30N4O4/c1-43-33-29(35(41)39-25-15-11-23(37)12-16-25)19-21-7-3-5-9-27(21)31(33)32-28-10-6-4-8-22(28)20-30(34(32)44-2)36(42)40-26-17-13-24(38)14-18-26/h3-20H,37-38H2,1-2H3,(H,39,41)(H,40,42). The molecule has 0 fully saturated rings. The molecule has 0 radical (unpaired) electrons. The van der Waals surface area contributed by atoms with Crippen LogP contribution in [0.1, 0.15) is 20.7 Å². The maximum Gasteiger partial charge on any atom is 0.259 e. The van der Waals surface area contributed by atoms with Crippen molar-refractivity contribution in [3.8, 4) is 22.6 Å². The second kappa shape index (κ2) is 11.7. The van der Waals surface area contributed by atoms with E-state index in [1.807, 2.05) is 48.5 Å². The first-order valence-electron chi connectivity index (χ1n) is 13.9. The number of nitrogens with two attached hydrogens (primary N) is 2. The summed E-state index contributed by atoms with van der Waals surface area (Å²) in [5.74, 6) is -0.0364. The number of carbonyl (C=O) groups is 2. The van der Waals surface area contributed by atoms with Crippen LogP contribution >= 0.6 is 0 Å². The molecule has 2 amide bonds. The zero-order chi connectivity index (χ0) is 30.8. The molecule has 6 aromatic carbocycles. The molecule has 8 heteroatoms. The topological polar surface area (TPSA) is 129 Å². The normalized spacial score (nSPS) is 10.9. The summed E-state index contributed by atoms with van der Waals surface area (Å²) >= 11 is 0. The van der Waals surface area contributed by atoms with Crippen molar-refractivity contribution < 1.29 is 19.1 Å². The minimum Gasteiger partial charge on any atom is -0.495 e. The van der Waals surface area contributed by atoms with E-state index in [1.165, 1.54) is 14.2 Å². The molecule has 0 saturated heterocycles. The fraction of sp³-hybridized carbons (Fsp3) is 0.0556. The monoisotopic (exact) mass is 582 g/mol. The molecular formula is C36H30N4O4. The van der Waals surface area contributed by atoms with Crippen LogP contribution in [0.15, 0.2) is 109 Å². The third-order valence-corrected chi connectivity index (χ3v) is 7.49. The third-order valence-electron chi connectivity index (χ3n) is 7.49. The van der Waals surface area contributed by atoms with Gasteiger partial charge in [-0.25, -0.2) is 0 Å². The maximum absolute atomic E-state index is 13.8. The van der Waals surface area contributed by atoms with Crippen LogP contribution in [0.2, 0.25) is 0 Å². The molecule has 0 aliphatic carbocycles. The lowest BCUT2D eigenvalue weighted by molar-refractivity contribution is 0.101. The molecule has 0 saturated carbocycles. The van der Waals surface area contributed by atoms with Crippen LogP contribution in [0, 0.1) is 0 Å². The second-order valence-electron chi connectivity index (χ2n) is 10.3. The first kappa shape index (κ1) is 28.1. The minimum absolute atomic E-state index is 0.320. The molecule has 0 spiro atoms. The minimum atomic E-state index is -0.362. The van der Waals surface area contributed by atoms with Crippen LogP contribution in [0.3, 0.4) is 0 Å². The number of amides is 2. The molecule has 6 rings (SSSR count). The van der Waals surface area contributed by atoms with E-state index in [0.29, 0.717) is 56.5 Å². The van der Waals surface area contributed by atoms with E-state index in [4.69, 9.17) is 20.9 Å². The molecular weight excluding hydrogens is 552 g/mol. The van der Waals surface area contributed by atoms with E-state index >= 15 is 0 Å². The van der Waals surface area contributed by atoms with E-state index in [1.54, 1.807) is 60.7 Å². The molecule has 0 aliphatic heterocycles. The van der Waals surface area contributed by atoms with Gasteiger partial charge >= 0.3 is 0 Å². The van der Waals surface area contributed by atoms with Crippen LogP contribution in [0.5, 0.6) is 11.5 Å². The van der Waals surface area contributed by atoms with Gasteiger partial charge in [0.05, 0.1) is 25.3 Å². The number of hydrogen-bond acceptors (Lipinski definition) is 6. The van der Waals surface area contributed by atoms with Crippen molar-refractivity contribution in [2.24, 2.45) is 0 Å². The van der Waals surface area contributed by atoms with Crippen LogP contribution in [-0.2, 0) is 0 Å². The summed E-state index contributed by atoms with van der Waals surface area (Å²) in [5, 5.41) is 9.18. The molecule has 6 N–H and O–H groups in total. The number of rotatable bonds is 7. The molecule has 0 unspecified atom stereocenters. The fourth-order valence-electron chi connectivity index (χ4n) is 5.44. The van der Waals surface area contributed by atoms with E-state index in [0.717, 1.165) is 21.5 Å². The van der Waals surface area contributed by atoms with Crippen molar-refractivity contribution in [1.82, 2.24) is 0 Å². The van der Waals surface area contributed by atoms with Gasteiger partial charge in [-0.3, -0.25) is 9.59 Å². The number of ether oxygens (including phenoxy) is 2. The Morgan fingerprint density at radius 2 is 0.909 bits per heavy atom. The molecule has 0 atom stereocenters. The summed E-state index contributed by atoms with van der Waals surface area (Å²) in [7, 11) is 3.06. The van der Waals surface area contributed by atoms with Crippen molar-refractivity contribution in [2.45, 2.75) is 0 Å². The average molecular weight is 583 g/mol. The summed E-state index contributed by atoms with van der Waals surface area (Å²) in [6.07, 6.45) is 0. The predicted molar refractivity (Wildman–Crippen MR) is 178 cm³/mol. The molecule has 0 aromatic heterocycles. The number of benzene rings is 6. The first-order chi connectivity index (χ1) is 21.4. The summed E-state index contributed by atoms with van der Waals surface area (Å²) in [6, 6.07) is 32.9. The summed E-state index contributed by atoms with van der Waals surface area (Å²) in [6.45, 7) is 0. The Morgan fingerprint density at radius 3 is 1.27 bits per heavy atom. The Morgan fingerprint density at radius 1 is 0.545 bits per heavy atom. The van der Waals surface area contributed by atoms with Gasteiger partial charge in [0, 0.05) is 33.9 Å². The number of fused-ring (bicyclic) bond motifs is 2. The van der Waals surface area contributed by atoms with Gasteiger partial charge in [-0.05, 0) is 82.2 Å². The lowest BCUT2D eigenvalue weighted by atomic mass is 9.88. The molecule has 8 nitrogen and oxygen atoms in total. The summed E-state index contributed by atoms with van der Waals surface area (Å²) < 4.78 is 12.0. The highest BCUT2D eigenvalue weighted by molar-refractivity contribution is 6.19. The number of nitrogens with one attached hydrogen (secondary N) is 2. The predicted octanol–water partition coefficient (Wildman–Crippen LogP) is 7.35. The summed E-state index contributed by atoms with van der Waals surface area (Å²) in [5.41, 5.74) is 15.9. The van der Waals surface area contributed by atoms with Gasteiger partial charge in [0.1, 0.15) is 11.5 Å². The second-order valence-corrected chi connectivity index (χ2v) is 10.3. The van der Waals surface area contributed by atoms with E-state index in [-0.39, 0.29) is 11.8 Å². The maximum atomic E-state index is 13.8. The highest BCUT2D eigenvalue weighted by Crippen LogP contribution is 2.48. The SMILES string of the molecule is COc1c(C(=O)Nc2ccc(N)cc2)cc2ccccc2c1-c1c(OC)c(C(=O)Nc2ccc(N)cc2)cc2ccccc12. The number of methoxy groups -OCH3 is 2. The zero-order valence-electron chi connectivity index (χ0n) is 24.2. The molecule has 0 aliphatic rings. The Kier molecular flexibility index (Phi) is 7.47. The Bertz CT molecular complexity index is 1890. The average Bonchev–Trinajstić information content (AvgIpc) is 3.05. The van der Waals surface area contributed by atoms with Gasteiger partial charge in [0.25, 0.3) is 11.8 Å². The first-order valence-corrected chi connectivity index (χ1v) is 13.9. The highest BCUT2D eigenvalue weighted by Gasteiger charge is 2.27. The Balaban J connectivity index is 1.61. The third kappa shape index (κ3) is 5.20.